The third-order valence-electron chi connectivity index (χ3n) is 15.3. The van der Waals surface area contributed by atoms with E-state index >= 15 is 0 Å². The molecule has 7 heteroatoms. The van der Waals surface area contributed by atoms with Gasteiger partial charge in [-0.05, 0) is 150 Å². The molecule has 0 spiro atoms. The predicted molar refractivity (Wildman–Crippen MR) is 188 cm³/mol. The van der Waals surface area contributed by atoms with Crippen LogP contribution in [0.4, 0.5) is 0 Å². The number of nitrogens with zero attached hydrogens (tertiary/aromatic N) is 2. The Morgan fingerprint density at radius 2 is 1.62 bits per heavy atom. The SMILES string of the molecule is C=CC.CC12CCN(CC(=O)O)C(C)(C)C1CCC1(C)C2CCC2[C@H]3CCCC3(CNCCCN3CCS(=O)CC3)CC[C@]21C. The van der Waals surface area contributed by atoms with Crippen LogP contribution in [0.25, 0.3) is 0 Å². The standard InChI is InChI=1S/C35H61N3O3S.C3H6/c1-31(2)28-11-13-34(5)29(32(28,3)16-19-38(31)24-30(39)40)10-9-26-27-8-6-12-35(27,15-14-33(26,34)4)25-36-17-7-18-37-20-22-42(41)23-21-37;1-3-2/h26-29,36H,6-25H2,1-5H3,(H,39,40);3H,1H2,2H3/t26?,27-,28?,29?,32?,33-,34?,35?;/m1./s1. The highest BCUT2D eigenvalue weighted by Crippen LogP contribution is 2.76. The molecule has 0 aromatic carbocycles. The largest absolute Gasteiger partial charge is 0.480 e. The fourth-order valence-electron chi connectivity index (χ4n) is 12.9. The molecule has 0 aromatic heterocycles. The smallest absolute Gasteiger partial charge is 0.317 e. The number of rotatable bonds is 8. The molecule has 6 aliphatic rings. The van der Waals surface area contributed by atoms with Gasteiger partial charge in [-0.2, -0.15) is 0 Å². The Morgan fingerprint density at radius 3 is 2.31 bits per heavy atom. The molecule has 2 aliphatic heterocycles. The zero-order chi connectivity index (χ0) is 32.7. The van der Waals surface area contributed by atoms with Gasteiger partial charge in [0.1, 0.15) is 0 Å². The van der Waals surface area contributed by atoms with E-state index in [9.17, 15) is 14.1 Å². The second-order valence-electron chi connectivity index (χ2n) is 17.4. The van der Waals surface area contributed by atoms with Crippen molar-refractivity contribution < 1.29 is 14.1 Å². The van der Waals surface area contributed by atoms with Crippen molar-refractivity contribution in [2.75, 3.05) is 57.3 Å². The Bertz CT molecular complexity index is 1090. The molecule has 0 aromatic rings. The highest BCUT2D eigenvalue weighted by Gasteiger charge is 2.69. The van der Waals surface area contributed by atoms with E-state index in [-0.39, 0.29) is 12.1 Å². The normalized spacial score (nSPS) is 43.2. The highest BCUT2D eigenvalue weighted by molar-refractivity contribution is 7.85. The number of piperidine rings is 1. The van der Waals surface area contributed by atoms with E-state index in [0.717, 1.165) is 68.4 Å². The van der Waals surface area contributed by atoms with Crippen LogP contribution in [-0.2, 0) is 15.6 Å². The van der Waals surface area contributed by atoms with Gasteiger partial charge in [0.15, 0.2) is 0 Å². The van der Waals surface area contributed by atoms with Crippen LogP contribution in [-0.4, -0.2) is 87.9 Å². The molecule has 6 rings (SSSR count). The van der Waals surface area contributed by atoms with Crippen LogP contribution in [0, 0.1) is 45.3 Å². The number of hydrogen-bond donors (Lipinski definition) is 2. The Balaban J connectivity index is 0.00000128. The van der Waals surface area contributed by atoms with Crippen molar-refractivity contribution in [2.45, 2.75) is 118 Å². The minimum Gasteiger partial charge on any atom is -0.480 e. The summed E-state index contributed by atoms with van der Waals surface area (Å²) in [6.07, 6.45) is 16.5. The summed E-state index contributed by atoms with van der Waals surface area (Å²) >= 11 is 0. The molecular formula is C38H67N3O3S. The summed E-state index contributed by atoms with van der Waals surface area (Å²) < 4.78 is 11.7. The summed E-state index contributed by atoms with van der Waals surface area (Å²) in [5.74, 6) is 4.08. The van der Waals surface area contributed by atoms with Crippen LogP contribution in [0.5, 0.6) is 0 Å². The number of hydrogen-bond acceptors (Lipinski definition) is 5. The summed E-state index contributed by atoms with van der Waals surface area (Å²) in [6, 6.07) is 0. The maximum absolute atomic E-state index is 11.7. The van der Waals surface area contributed by atoms with Crippen LogP contribution in [0.3, 0.4) is 0 Å². The maximum atomic E-state index is 11.7. The van der Waals surface area contributed by atoms with Crippen molar-refractivity contribution in [3.8, 4) is 0 Å². The van der Waals surface area contributed by atoms with E-state index in [4.69, 9.17) is 0 Å². The van der Waals surface area contributed by atoms with Gasteiger partial charge < -0.3 is 15.3 Å². The van der Waals surface area contributed by atoms with Crippen molar-refractivity contribution >= 4 is 16.8 Å². The second-order valence-corrected chi connectivity index (χ2v) is 19.1. The van der Waals surface area contributed by atoms with Crippen LogP contribution in [0.1, 0.15) is 112 Å². The second kappa shape index (κ2) is 13.6. The molecule has 2 saturated heterocycles. The quantitative estimate of drug-likeness (QED) is 0.223. The minimum atomic E-state index is -0.683. The minimum absolute atomic E-state index is 0.0594. The summed E-state index contributed by atoms with van der Waals surface area (Å²) in [5, 5.41) is 13.6. The molecule has 45 heavy (non-hydrogen) atoms. The van der Waals surface area contributed by atoms with Crippen LogP contribution < -0.4 is 5.32 Å². The molecule has 4 aliphatic carbocycles. The number of allylic oxidation sites excluding steroid dienone is 1. The average Bonchev–Trinajstić information content (AvgIpc) is 3.40. The highest BCUT2D eigenvalue weighted by atomic mass is 32.2. The number of likely N-dealkylation sites (tertiary alicyclic amines) is 1. The molecule has 2 N–H and O–H groups in total. The molecule has 2 heterocycles. The van der Waals surface area contributed by atoms with Crippen LogP contribution in [0.2, 0.25) is 0 Å². The lowest BCUT2D eigenvalue weighted by molar-refractivity contribution is -0.239. The molecule has 0 radical (unpaired) electrons. The average molecular weight is 646 g/mol. The van der Waals surface area contributed by atoms with Gasteiger partial charge in [0.05, 0.1) is 6.54 Å². The summed E-state index contributed by atoms with van der Waals surface area (Å²) in [4.78, 5) is 16.5. The Kier molecular flexibility index (Phi) is 10.8. The van der Waals surface area contributed by atoms with E-state index in [2.05, 4.69) is 56.3 Å². The predicted octanol–water partition coefficient (Wildman–Crippen LogP) is 6.83. The van der Waals surface area contributed by atoms with E-state index in [1.807, 2.05) is 6.92 Å². The number of carboxylic acid groups (broad SMARTS) is 1. The maximum Gasteiger partial charge on any atom is 0.317 e. The molecule has 6 fully saturated rings. The van der Waals surface area contributed by atoms with Gasteiger partial charge in [0.25, 0.3) is 0 Å². The molecule has 0 amide bonds. The number of fused-ring (bicyclic) bond motifs is 7. The van der Waals surface area contributed by atoms with Gasteiger partial charge in [-0.1, -0.05) is 33.3 Å². The fourth-order valence-corrected chi connectivity index (χ4v) is 14.0. The molecular weight excluding hydrogens is 579 g/mol. The van der Waals surface area contributed by atoms with E-state index in [1.165, 1.54) is 70.8 Å². The van der Waals surface area contributed by atoms with E-state index in [1.54, 1.807) is 6.08 Å². The number of nitrogens with one attached hydrogen (secondary N) is 1. The van der Waals surface area contributed by atoms with Gasteiger partial charge in [-0.25, -0.2) is 0 Å². The Morgan fingerprint density at radius 1 is 0.911 bits per heavy atom. The van der Waals surface area contributed by atoms with Gasteiger partial charge in [0.2, 0.25) is 0 Å². The lowest BCUT2D eigenvalue weighted by Gasteiger charge is -2.73. The molecule has 258 valence electrons. The monoisotopic (exact) mass is 645 g/mol. The fraction of sp³-hybridized carbons (Fsp3) is 0.921. The first-order chi connectivity index (χ1) is 21.3. The lowest BCUT2D eigenvalue weighted by atomic mass is 9.33. The van der Waals surface area contributed by atoms with Crippen molar-refractivity contribution in [1.29, 1.82) is 0 Å². The van der Waals surface area contributed by atoms with Gasteiger partial charge in [0, 0.05) is 47.5 Å². The van der Waals surface area contributed by atoms with Crippen LogP contribution >= 0.6 is 0 Å². The molecule has 6 nitrogen and oxygen atoms in total. The summed E-state index contributed by atoms with van der Waals surface area (Å²) in [5.41, 5.74) is 1.54. The zero-order valence-electron chi connectivity index (χ0n) is 29.8. The first-order valence-electron chi connectivity index (χ1n) is 18.6. The number of carbonyl (C=O) groups is 1. The third-order valence-corrected chi connectivity index (χ3v) is 16.6. The van der Waals surface area contributed by atoms with Crippen molar-refractivity contribution in [1.82, 2.24) is 15.1 Å². The van der Waals surface area contributed by atoms with Crippen LogP contribution in [0.15, 0.2) is 12.7 Å². The number of aliphatic carboxylic acids is 1. The first kappa shape index (κ1) is 35.5. The van der Waals surface area contributed by atoms with Gasteiger partial charge >= 0.3 is 5.97 Å². The number of carboxylic acids is 1. The van der Waals surface area contributed by atoms with E-state index in [0.29, 0.717) is 27.6 Å². The summed E-state index contributed by atoms with van der Waals surface area (Å²) in [7, 11) is -0.580. The lowest BCUT2D eigenvalue weighted by Crippen LogP contribution is -2.69. The molecule has 8 atom stereocenters. The first-order valence-corrected chi connectivity index (χ1v) is 20.1. The van der Waals surface area contributed by atoms with Gasteiger partial charge in [-0.15, -0.1) is 6.58 Å². The zero-order valence-corrected chi connectivity index (χ0v) is 30.6. The van der Waals surface area contributed by atoms with E-state index < -0.39 is 16.8 Å². The molecule has 6 unspecified atom stereocenters. The molecule has 4 saturated carbocycles. The van der Waals surface area contributed by atoms with Crippen molar-refractivity contribution in [3.63, 3.8) is 0 Å². The Hall–Kier alpha value is -0.760. The molecule has 0 bridgehead atoms. The van der Waals surface area contributed by atoms with Crippen molar-refractivity contribution in [2.24, 2.45) is 45.3 Å². The summed E-state index contributed by atoms with van der Waals surface area (Å²) in [6.45, 7) is 24.6. The van der Waals surface area contributed by atoms with Crippen molar-refractivity contribution in [3.05, 3.63) is 12.7 Å². The van der Waals surface area contributed by atoms with Gasteiger partial charge in [-0.3, -0.25) is 13.9 Å². The third kappa shape index (κ3) is 6.28. The Labute approximate surface area is 278 Å². The topological polar surface area (TPSA) is 72.9 Å².